The number of amides is 1. The summed E-state index contributed by atoms with van der Waals surface area (Å²) in [4.78, 5) is 23.7. The molecule has 0 radical (unpaired) electrons. The number of esters is 1. The Morgan fingerprint density at radius 3 is 2.53 bits per heavy atom. The van der Waals surface area contributed by atoms with E-state index < -0.39 is 24.5 Å². The molecule has 30 heavy (non-hydrogen) atoms. The molecule has 1 aromatic heterocycles. The van der Waals surface area contributed by atoms with E-state index in [2.05, 4.69) is 15.2 Å². The molecule has 0 saturated carbocycles. The molecule has 0 unspecified atom stereocenters. The molecule has 1 atom stereocenters. The monoisotopic (exact) mass is 409 g/mol. The molecule has 7 nitrogen and oxygen atoms in total. The summed E-state index contributed by atoms with van der Waals surface area (Å²) in [6, 6.07) is 14.1. The summed E-state index contributed by atoms with van der Waals surface area (Å²) in [6.07, 6.45) is 4.50. The Labute approximate surface area is 172 Å². The number of nitrogens with zero attached hydrogens (tertiary/aromatic N) is 2. The third kappa shape index (κ3) is 4.98. The summed E-state index contributed by atoms with van der Waals surface area (Å²) in [5, 5.41) is 16.2. The first-order chi connectivity index (χ1) is 14.5. The van der Waals surface area contributed by atoms with Crippen LogP contribution < -0.4 is 5.32 Å². The number of aliphatic hydroxyl groups excluding tert-OH is 1. The summed E-state index contributed by atoms with van der Waals surface area (Å²) < 4.78 is 19.5. The van der Waals surface area contributed by atoms with Gasteiger partial charge >= 0.3 is 5.97 Å². The molecule has 0 fully saturated rings. The zero-order valence-corrected chi connectivity index (χ0v) is 16.2. The van der Waals surface area contributed by atoms with Crippen molar-refractivity contribution >= 4 is 18.0 Å². The molecule has 154 valence electrons. The molecule has 0 aliphatic heterocycles. The van der Waals surface area contributed by atoms with Crippen molar-refractivity contribution in [2.45, 2.75) is 6.04 Å². The number of carbonyl (C=O) groups is 2. The molecule has 0 saturated heterocycles. The van der Waals surface area contributed by atoms with Gasteiger partial charge in [-0.05, 0) is 42.5 Å². The predicted molar refractivity (Wildman–Crippen MR) is 109 cm³/mol. The number of aromatic nitrogens is 2. The number of aliphatic hydroxyl groups is 1. The number of halogens is 1. The first-order valence-corrected chi connectivity index (χ1v) is 9.10. The van der Waals surface area contributed by atoms with Crippen LogP contribution in [0.5, 0.6) is 0 Å². The molecule has 0 aliphatic carbocycles. The second-order valence-corrected chi connectivity index (χ2v) is 6.32. The van der Waals surface area contributed by atoms with Crippen molar-refractivity contribution in [3.63, 3.8) is 0 Å². The largest absolute Gasteiger partial charge is 0.467 e. The summed E-state index contributed by atoms with van der Waals surface area (Å²) >= 11 is 0. The highest BCUT2D eigenvalue weighted by atomic mass is 19.1. The van der Waals surface area contributed by atoms with Crippen molar-refractivity contribution in [2.75, 3.05) is 13.7 Å². The average Bonchev–Trinajstić information content (AvgIpc) is 3.21. The Hall–Kier alpha value is -3.78. The van der Waals surface area contributed by atoms with Crippen LogP contribution >= 0.6 is 0 Å². The van der Waals surface area contributed by atoms with Crippen molar-refractivity contribution in [3.05, 3.63) is 78.3 Å². The maximum Gasteiger partial charge on any atom is 0.330 e. The van der Waals surface area contributed by atoms with Gasteiger partial charge in [-0.25, -0.2) is 13.9 Å². The van der Waals surface area contributed by atoms with E-state index in [1.54, 1.807) is 23.0 Å². The van der Waals surface area contributed by atoms with Crippen LogP contribution in [0.4, 0.5) is 4.39 Å². The van der Waals surface area contributed by atoms with Gasteiger partial charge in [0.2, 0.25) is 5.91 Å². The summed E-state index contributed by atoms with van der Waals surface area (Å²) in [6.45, 7) is -0.584. The van der Waals surface area contributed by atoms with Crippen LogP contribution in [0.15, 0.2) is 66.9 Å². The number of hydrogen-bond donors (Lipinski definition) is 2. The Morgan fingerprint density at radius 1 is 1.20 bits per heavy atom. The van der Waals surface area contributed by atoms with Crippen LogP contribution in [0.2, 0.25) is 0 Å². The maximum atomic E-state index is 13.3. The number of ether oxygens (including phenoxy) is 1. The van der Waals surface area contributed by atoms with E-state index in [4.69, 9.17) is 0 Å². The Morgan fingerprint density at radius 2 is 1.90 bits per heavy atom. The minimum Gasteiger partial charge on any atom is -0.467 e. The number of rotatable bonds is 7. The van der Waals surface area contributed by atoms with Crippen LogP contribution in [0.1, 0.15) is 5.56 Å². The molecule has 2 N–H and O–H groups in total. The number of methoxy groups -OCH3 is 1. The van der Waals surface area contributed by atoms with E-state index in [-0.39, 0.29) is 5.82 Å². The number of hydrogen-bond acceptors (Lipinski definition) is 5. The fourth-order valence-electron chi connectivity index (χ4n) is 2.76. The summed E-state index contributed by atoms with van der Waals surface area (Å²) in [5.74, 6) is -1.70. The molecule has 3 rings (SSSR count). The fourth-order valence-corrected chi connectivity index (χ4v) is 2.76. The normalized spacial score (nSPS) is 12.0. The molecule has 0 aliphatic rings. The predicted octanol–water partition coefficient (Wildman–Crippen LogP) is 2.34. The van der Waals surface area contributed by atoms with E-state index in [9.17, 15) is 19.1 Å². The number of nitrogens with one attached hydrogen (secondary N) is 1. The molecule has 8 heteroatoms. The van der Waals surface area contributed by atoms with E-state index in [1.807, 2.05) is 30.3 Å². The highest BCUT2D eigenvalue weighted by Crippen LogP contribution is 2.25. The first-order valence-electron chi connectivity index (χ1n) is 9.10. The van der Waals surface area contributed by atoms with E-state index in [0.717, 1.165) is 5.69 Å². The average molecular weight is 409 g/mol. The van der Waals surface area contributed by atoms with Crippen LogP contribution in [-0.2, 0) is 14.3 Å². The maximum absolute atomic E-state index is 13.3. The van der Waals surface area contributed by atoms with Crippen molar-refractivity contribution in [1.29, 1.82) is 0 Å². The second-order valence-electron chi connectivity index (χ2n) is 6.32. The van der Waals surface area contributed by atoms with Gasteiger partial charge in [-0.3, -0.25) is 4.79 Å². The zero-order chi connectivity index (χ0) is 21.5. The lowest BCUT2D eigenvalue weighted by Crippen LogP contribution is -2.43. The van der Waals surface area contributed by atoms with E-state index in [1.165, 1.54) is 31.4 Å². The van der Waals surface area contributed by atoms with Crippen LogP contribution in [0.3, 0.4) is 0 Å². The molecule has 3 aromatic rings. The molecule has 1 heterocycles. The summed E-state index contributed by atoms with van der Waals surface area (Å²) in [7, 11) is 1.17. The minimum atomic E-state index is -1.16. The fraction of sp³-hybridized carbons (Fsp3) is 0.136. The third-order valence-corrected chi connectivity index (χ3v) is 4.28. The van der Waals surface area contributed by atoms with Gasteiger partial charge in [-0.2, -0.15) is 5.10 Å². The minimum absolute atomic E-state index is 0.365. The number of carbonyl (C=O) groups excluding carboxylic acids is 2. The van der Waals surface area contributed by atoms with Gasteiger partial charge in [-0.1, -0.05) is 18.2 Å². The molecular formula is C22H20FN3O4. The van der Waals surface area contributed by atoms with Crippen LogP contribution in [0.25, 0.3) is 23.0 Å². The highest BCUT2D eigenvalue weighted by molar-refractivity contribution is 5.95. The van der Waals surface area contributed by atoms with Crippen molar-refractivity contribution in [1.82, 2.24) is 15.1 Å². The first kappa shape index (κ1) is 20.9. The topological polar surface area (TPSA) is 93.5 Å². The molecule has 0 spiro atoms. The Kier molecular flexibility index (Phi) is 6.71. The lowest BCUT2D eigenvalue weighted by atomic mass is 10.1. The van der Waals surface area contributed by atoms with Crippen molar-refractivity contribution in [2.24, 2.45) is 0 Å². The smallest absolute Gasteiger partial charge is 0.330 e. The molecule has 1 amide bonds. The van der Waals surface area contributed by atoms with E-state index in [0.29, 0.717) is 16.8 Å². The van der Waals surface area contributed by atoms with Gasteiger partial charge in [0.05, 0.1) is 25.1 Å². The third-order valence-electron chi connectivity index (χ3n) is 4.28. The van der Waals surface area contributed by atoms with Crippen LogP contribution in [-0.4, -0.2) is 46.5 Å². The van der Waals surface area contributed by atoms with Crippen molar-refractivity contribution < 1.29 is 23.8 Å². The van der Waals surface area contributed by atoms with Gasteiger partial charge < -0.3 is 15.2 Å². The van der Waals surface area contributed by atoms with Gasteiger partial charge in [0.25, 0.3) is 0 Å². The molecule has 2 aromatic carbocycles. The lowest BCUT2D eigenvalue weighted by molar-refractivity contribution is -0.145. The number of benzene rings is 2. The van der Waals surface area contributed by atoms with Gasteiger partial charge in [0.1, 0.15) is 5.82 Å². The summed E-state index contributed by atoms with van der Waals surface area (Å²) in [5.41, 5.74) is 2.65. The Balaban J connectivity index is 1.91. The molecule has 0 bridgehead atoms. The molecular weight excluding hydrogens is 389 g/mol. The number of para-hydroxylation sites is 1. The van der Waals surface area contributed by atoms with Crippen LogP contribution in [0, 0.1) is 5.82 Å². The standard InChI is InChI=1S/C22H20FN3O4/c1-30-22(29)19(14-27)24-20(28)12-9-16-13-26(18-5-3-2-4-6-18)25-21(16)15-7-10-17(23)11-8-15/h2-13,19,27H,14H2,1H3,(H,24,28)/b12-9+/t19-/m1/s1. The van der Waals surface area contributed by atoms with Gasteiger partial charge in [0.15, 0.2) is 6.04 Å². The quantitative estimate of drug-likeness (QED) is 0.462. The van der Waals surface area contributed by atoms with Crippen molar-refractivity contribution in [3.8, 4) is 16.9 Å². The van der Waals surface area contributed by atoms with Gasteiger partial charge in [-0.15, -0.1) is 0 Å². The van der Waals surface area contributed by atoms with Gasteiger partial charge in [0, 0.05) is 23.4 Å². The van der Waals surface area contributed by atoms with E-state index >= 15 is 0 Å². The zero-order valence-electron chi connectivity index (χ0n) is 16.2. The Bertz CT molecular complexity index is 1050. The lowest BCUT2D eigenvalue weighted by Gasteiger charge is -2.11. The SMILES string of the molecule is COC(=O)[C@@H](CO)NC(=O)/C=C/c1cn(-c2ccccc2)nc1-c1ccc(F)cc1. The highest BCUT2D eigenvalue weighted by Gasteiger charge is 2.19. The second kappa shape index (κ2) is 9.62.